The topological polar surface area (TPSA) is 38.3 Å². The first-order chi connectivity index (χ1) is 9.69. The minimum absolute atomic E-state index is 0.0120. The third-order valence-corrected chi connectivity index (χ3v) is 3.51. The Balaban J connectivity index is 1.93. The predicted octanol–water partition coefficient (Wildman–Crippen LogP) is 3.87. The number of carbonyl (C=O) groups is 1. The van der Waals surface area contributed by atoms with Crippen molar-refractivity contribution in [3.05, 3.63) is 57.7 Å². The van der Waals surface area contributed by atoms with E-state index in [1.807, 2.05) is 48.5 Å². The van der Waals surface area contributed by atoms with E-state index in [0.29, 0.717) is 5.75 Å². The molecule has 1 amide bonds. The summed E-state index contributed by atoms with van der Waals surface area (Å²) in [5.41, 5.74) is 1.97. The maximum Gasteiger partial charge on any atom is 0.262 e. The number of rotatable bonds is 5. The standard InChI is InChI=1S/C16H16INO2/c1-2-12-6-3-4-9-15(12)18-16(19)11-20-14-8-5-7-13(17)10-14/h3-10H,2,11H2,1H3,(H,18,19). The second-order valence-electron chi connectivity index (χ2n) is 4.30. The van der Waals surface area contributed by atoms with Crippen LogP contribution in [0.1, 0.15) is 12.5 Å². The molecule has 0 spiro atoms. The maximum absolute atomic E-state index is 11.9. The lowest BCUT2D eigenvalue weighted by molar-refractivity contribution is -0.118. The van der Waals surface area contributed by atoms with Gasteiger partial charge in [-0.25, -0.2) is 0 Å². The Morgan fingerprint density at radius 1 is 1.20 bits per heavy atom. The van der Waals surface area contributed by atoms with Crippen LogP contribution < -0.4 is 10.1 Å². The molecule has 2 aromatic rings. The van der Waals surface area contributed by atoms with Crippen molar-refractivity contribution in [2.24, 2.45) is 0 Å². The van der Waals surface area contributed by atoms with Crippen molar-refractivity contribution in [2.75, 3.05) is 11.9 Å². The molecule has 0 radical (unpaired) electrons. The molecule has 2 aromatic carbocycles. The molecular weight excluding hydrogens is 365 g/mol. The molecule has 0 heterocycles. The monoisotopic (exact) mass is 381 g/mol. The fourth-order valence-electron chi connectivity index (χ4n) is 1.84. The quantitative estimate of drug-likeness (QED) is 0.799. The first-order valence-corrected chi connectivity index (χ1v) is 7.53. The van der Waals surface area contributed by atoms with Gasteiger partial charge in [0, 0.05) is 9.26 Å². The lowest BCUT2D eigenvalue weighted by Crippen LogP contribution is -2.20. The molecule has 0 aliphatic rings. The second-order valence-corrected chi connectivity index (χ2v) is 5.55. The third-order valence-electron chi connectivity index (χ3n) is 2.84. The molecule has 0 bridgehead atoms. The Morgan fingerprint density at radius 3 is 2.75 bits per heavy atom. The number of aryl methyl sites for hydroxylation is 1. The summed E-state index contributed by atoms with van der Waals surface area (Å²) in [4.78, 5) is 11.9. The van der Waals surface area contributed by atoms with Crippen molar-refractivity contribution in [2.45, 2.75) is 13.3 Å². The number of halogens is 1. The molecule has 0 unspecified atom stereocenters. The van der Waals surface area contributed by atoms with Gasteiger partial charge < -0.3 is 10.1 Å². The van der Waals surface area contributed by atoms with Crippen LogP contribution in [0.3, 0.4) is 0 Å². The van der Waals surface area contributed by atoms with E-state index in [-0.39, 0.29) is 12.5 Å². The van der Waals surface area contributed by atoms with Crippen LogP contribution in [0.2, 0.25) is 0 Å². The van der Waals surface area contributed by atoms with Crippen LogP contribution in [0.15, 0.2) is 48.5 Å². The zero-order chi connectivity index (χ0) is 14.4. The molecule has 0 aliphatic carbocycles. The number of benzene rings is 2. The summed E-state index contributed by atoms with van der Waals surface area (Å²) >= 11 is 2.21. The molecule has 4 heteroatoms. The maximum atomic E-state index is 11.9. The van der Waals surface area contributed by atoms with Gasteiger partial charge >= 0.3 is 0 Å². The molecule has 3 nitrogen and oxygen atoms in total. The molecule has 0 aromatic heterocycles. The Labute approximate surface area is 132 Å². The highest BCUT2D eigenvalue weighted by Gasteiger charge is 2.06. The molecule has 0 saturated heterocycles. The van der Waals surface area contributed by atoms with Gasteiger partial charge in [-0.1, -0.05) is 31.2 Å². The summed E-state index contributed by atoms with van der Waals surface area (Å²) in [7, 11) is 0. The largest absolute Gasteiger partial charge is 0.484 e. The number of nitrogens with one attached hydrogen (secondary N) is 1. The van der Waals surface area contributed by atoms with Crippen LogP contribution in [0, 0.1) is 3.57 Å². The summed E-state index contributed by atoms with van der Waals surface area (Å²) in [6.45, 7) is 2.07. The van der Waals surface area contributed by atoms with Crippen molar-refractivity contribution in [1.29, 1.82) is 0 Å². The lowest BCUT2D eigenvalue weighted by atomic mass is 10.1. The smallest absolute Gasteiger partial charge is 0.262 e. The summed E-state index contributed by atoms with van der Waals surface area (Å²) in [5.74, 6) is 0.556. The van der Waals surface area contributed by atoms with Gasteiger partial charge in [0.2, 0.25) is 0 Å². The molecule has 0 saturated carbocycles. The Bertz CT molecular complexity index is 599. The Kier molecular flexibility index (Phi) is 5.40. The number of para-hydroxylation sites is 1. The first-order valence-electron chi connectivity index (χ1n) is 6.45. The molecule has 104 valence electrons. The van der Waals surface area contributed by atoms with Crippen LogP contribution in [0.5, 0.6) is 5.75 Å². The van der Waals surface area contributed by atoms with E-state index < -0.39 is 0 Å². The third kappa shape index (κ3) is 4.23. The van der Waals surface area contributed by atoms with E-state index in [4.69, 9.17) is 4.74 Å². The number of hydrogen-bond donors (Lipinski definition) is 1. The highest BCUT2D eigenvalue weighted by atomic mass is 127. The molecule has 2 rings (SSSR count). The second kappa shape index (κ2) is 7.28. The highest BCUT2D eigenvalue weighted by Crippen LogP contribution is 2.16. The lowest BCUT2D eigenvalue weighted by Gasteiger charge is -2.10. The van der Waals surface area contributed by atoms with Gasteiger partial charge in [-0.2, -0.15) is 0 Å². The minimum atomic E-state index is -0.148. The Morgan fingerprint density at radius 2 is 2.00 bits per heavy atom. The normalized spacial score (nSPS) is 10.1. The highest BCUT2D eigenvalue weighted by molar-refractivity contribution is 14.1. The molecule has 0 aliphatic heterocycles. The summed E-state index contributed by atoms with van der Waals surface area (Å²) in [5, 5.41) is 2.88. The van der Waals surface area contributed by atoms with Crippen molar-refractivity contribution < 1.29 is 9.53 Å². The average Bonchev–Trinajstić information content (AvgIpc) is 2.46. The van der Waals surface area contributed by atoms with Crippen LogP contribution in [0.25, 0.3) is 0 Å². The zero-order valence-electron chi connectivity index (χ0n) is 11.2. The van der Waals surface area contributed by atoms with E-state index in [1.54, 1.807) is 0 Å². The molecule has 0 atom stereocenters. The van der Waals surface area contributed by atoms with E-state index in [2.05, 4.69) is 34.8 Å². The van der Waals surface area contributed by atoms with Crippen molar-refractivity contribution in [1.82, 2.24) is 0 Å². The van der Waals surface area contributed by atoms with Gasteiger partial charge in [-0.05, 0) is 58.8 Å². The van der Waals surface area contributed by atoms with Crippen molar-refractivity contribution in [3.63, 3.8) is 0 Å². The van der Waals surface area contributed by atoms with Gasteiger partial charge in [0.25, 0.3) is 5.91 Å². The van der Waals surface area contributed by atoms with Gasteiger partial charge in [0.05, 0.1) is 0 Å². The van der Waals surface area contributed by atoms with Crippen LogP contribution in [0.4, 0.5) is 5.69 Å². The summed E-state index contributed by atoms with van der Waals surface area (Å²) < 4.78 is 6.56. The predicted molar refractivity (Wildman–Crippen MR) is 89.1 cm³/mol. The van der Waals surface area contributed by atoms with E-state index >= 15 is 0 Å². The summed E-state index contributed by atoms with van der Waals surface area (Å²) in [6.07, 6.45) is 0.883. The first kappa shape index (κ1) is 14.8. The number of carbonyl (C=O) groups excluding carboxylic acids is 1. The van der Waals surface area contributed by atoms with Gasteiger partial charge in [0.1, 0.15) is 5.75 Å². The number of hydrogen-bond acceptors (Lipinski definition) is 2. The van der Waals surface area contributed by atoms with Gasteiger partial charge in [-0.3, -0.25) is 4.79 Å². The van der Waals surface area contributed by atoms with Crippen LogP contribution in [-0.2, 0) is 11.2 Å². The van der Waals surface area contributed by atoms with Crippen LogP contribution >= 0.6 is 22.6 Å². The molecular formula is C16H16INO2. The van der Waals surface area contributed by atoms with Crippen molar-refractivity contribution in [3.8, 4) is 5.75 Å². The SMILES string of the molecule is CCc1ccccc1NC(=O)COc1cccc(I)c1. The number of ether oxygens (including phenoxy) is 1. The van der Waals surface area contributed by atoms with E-state index in [1.165, 1.54) is 0 Å². The molecule has 1 N–H and O–H groups in total. The van der Waals surface area contributed by atoms with Crippen molar-refractivity contribution >= 4 is 34.2 Å². The fraction of sp³-hybridized carbons (Fsp3) is 0.188. The van der Waals surface area contributed by atoms with E-state index in [0.717, 1.165) is 21.2 Å². The fourth-order valence-corrected chi connectivity index (χ4v) is 2.36. The number of anilines is 1. The average molecular weight is 381 g/mol. The molecule has 20 heavy (non-hydrogen) atoms. The molecule has 0 fully saturated rings. The number of amides is 1. The van der Waals surface area contributed by atoms with Gasteiger partial charge in [-0.15, -0.1) is 0 Å². The summed E-state index contributed by atoms with van der Waals surface area (Å²) in [6, 6.07) is 15.4. The Hall–Kier alpha value is -1.56. The minimum Gasteiger partial charge on any atom is -0.484 e. The zero-order valence-corrected chi connectivity index (χ0v) is 13.4. The van der Waals surface area contributed by atoms with Crippen LogP contribution in [-0.4, -0.2) is 12.5 Å². The van der Waals surface area contributed by atoms with E-state index in [9.17, 15) is 4.79 Å². The van der Waals surface area contributed by atoms with Gasteiger partial charge in [0.15, 0.2) is 6.61 Å².